The van der Waals surface area contributed by atoms with Gasteiger partial charge in [0, 0.05) is 10.9 Å². The van der Waals surface area contributed by atoms with Crippen LogP contribution >= 0.6 is 11.3 Å². The van der Waals surface area contributed by atoms with E-state index in [1.165, 1.54) is 37.1 Å². The van der Waals surface area contributed by atoms with Gasteiger partial charge in [-0.05, 0) is 55.5 Å². The second-order valence-corrected chi connectivity index (χ2v) is 6.09. The predicted molar refractivity (Wildman–Crippen MR) is 72.0 cm³/mol. The van der Waals surface area contributed by atoms with Gasteiger partial charge in [0.2, 0.25) is 0 Å². The maximum absolute atomic E-state index is 3.73. The first kappa shape index (κ1) is 12.1. The molecule has 0 spiro atoms. The molecule has 0 aliphatic heterocycles. The van der Waals surface area contributed by atoms with Crippen LogP contribution in [0.25, 0.3) is 0 Å². The SMILES string of the molecule is CCCNC(CCc1cccs1)C1CC1C. The highest BCUT2D eigenvalue weighted by molar-refractivity contribution is 7.09. The average Bonchev–Trinajstić information content (AvgIpc) is 2.82. The Labute approximate surface area is 103 Å². The minimum absolute atomic E-state index is 0.761. The third kappa shape index (κ3) is 3.33. The summed E-state index contributed by atoms with van der Waals surface area (Å²) in [5.41, 5.74) is 0. The number of rotatable bonds is 7. The molecule has 16 heavy (non-hydrogen) atoms. The Balaban J connectivity index is 1.77. The summed E-state index contributed by atoms with van der Waals surface area (Å²) in [4.78, 5) is 1.54. The second kappa shape index (κ2) is 5.83. The highest BCUT2D eigenvalue weighted by Gasteiger charge is 2.38. The summed E-state index contributed by atoms with van der Waals surface area (Å²) < 4.78 is 0. The molecule has 1 aromatic heterocycles. The van der Waals surface area contributed by atoms with Crippen molar-refractivity contribution in [2.75, 3.05) is 6.54 Å². The molecule has 0 bridgehead atoms. The molecule has 90 valence electrons. The van der Waals surface area contributed by atoms with E-state index in [4.69, 9.17) is 0 Å². The minimum Gasteiger partial charge on any atom is -0.314 e. The van der Waals surface area contributed by atoms with Crippen molar-refractivity contribution in [1.29, 1.82) is 0 Å². The molecule has 0 aromatic carbocycles. The van der Waals surface area contributed by atoms with Gasteiger partial charge in [-0.3, -0.25) is 0 Å². The normalized spacial score (nSPS) is 25.6. The molecule has 1 aliphatic carbocycles. The molecule has 1 nitrogen and oxygen atoms in total. The van der Waals surface area contributed by atoms with E-state index in [0.717, 1.165) is 17.9 Å². The second-order valence-electron chi connectivity index (χ2n) is 5.06. The molecule has 1 aromatic rings. The molecule has 0 radical (unpaired) electrons. The molecule has 3 atom stereocenters. The summed E-state index contributed by atoms with van der Waals surface area (Å²) >= 11 is 1.89. The number of thiophene rings is 1. The standard InChI is InChI=1S/C14H23NS/c1-3-8-15-14(13-10-11(13)2)7-6-12-5-4-9-16-12/h4-5,9,11,13-15H,3,6-8,10H2,1-2H3. The van der Waals surface area contributed by atoms with Crippen molar-refractivity contribution >= 4 is 11.3 Å². The van der Waals surface area contributed by atoms with E-state index in [9.17, 15) is 0 Å². The van der Waals surface area contributed by atoms with Crippen molar-refractivity contribution in [1.82, 2.24) is 5.32 Å². The Morgan fingerprint density at radius 1 is 1.56 bits per heavy atom. The van der Waals surface area contributed by atoms with E-state index in [1.807, 2.05) is 11.3 Å². The zero-order valence-corrected chi connectivity index (χ0v) is 11.2. The first-order chi connectivity index (χ1) is 7.81. The number of aryl methyl sites for hydroxylation is 1. The molecule has 2 heteroatoms. The quantitative estimate of drug-likeness (QED) is 0.762. The highest BCUT2D eigenvalue weighted by Crippen LogP contribution is 2.41. The smallest absolute Gasteiger partial charge is 0.0101 e. The molecule has 1 N–H and O–H groups in total. The Kier molecular flexibility index (Phi) is 4.42. The first-order valence-corrected chi connectivity index (χ1v) is 7.45. The molecule has 3 unspecified atom stereocenters. The predicted octanol–water partition coefficient (Wildman–Crippen LogP) is 3.70. The number of nitrogens with one attached hydrogen (secondary N) is 1. The van der Waals surface area contributed by atoms with Gasteiger partial charge < -0.3 is 5.32 Å². The number of hydrogen-bond donors (Lipinski definition) is 1. The van der Waals surface area contributed by atoms with Gasteiger partial charge in [-0.15, -0.1) is 11.3 Å². The van der Waals surface area contributed by atoms with Crippen LogP contribution in [0, 0.1) is 11.8 Å². The van der Waals surface area contributed by atoms with Crippen molar-refractivity contribution in [2.45, 2.75) is 45.6 Å². The van der Waals surface area contributed by atoms with Crippen LogP contribution in [-0.4, -0.2) is 12.6 Å². The summed E-state index contributed by atoms with van der Waals surface area (Å²) in [7, 11) is 0. The van der Waals surface area contributed by atoms with Crippen LogP contribution in [0.15, 0.2) is 17.5 Å². The van der Waals surface area contributed by atoms with E-state index in [2.05, 4.69) is 36.7 Å². The van der Waals surface area contributed by atoms with E-state index in [0.29, 0.717) is 0 Å². The fraction of sp³-hybridized carbons (Fsp3) is 0.714. The van der Waals surface area contributed by atoms with Crippen LogP contribution in [0.3, 0.4) is 0 Å². The molecule has 1 saturated carbocycles. The molecule has 1 fully saturated rings. The van der Waals surface area contributed by atoms with Gasteiger partial charge in [0.15, 0.2) is 0 Å². The maximum atomic E-state index is 3.73. The average molecular weight is 237 g/mol. The van der Waals surface area contributed by atoms with Gasteiger partial charge in [-0.25, -0.2) is 0 Å². The van der Waals surface area contributed by atoms with E-state index in [-0.39, 0.29) is 0 Å². The molecule has 1 aliphatic rings. The summed E-state index contributed by atoms with van der Waals surface area (Å²) in [6.45, 7) is 5.81. The highest BCUT2D eigenvalue weighted by atomic mass is 32.1. The minimum atomic E-state index is 0.761. The molecular formula is C14H23NS. The monoisotopic (exact) mass is 237 g/mol. The van der Waals surface area contributed by atoms with Gasteiger partial charge >= 0.3 is 0 Å². The van der Waals surface area contributed by atoms with Crippen LogP contribution in [0.2, 0.25) is 0 Å². The van der Waals surface area contributed by atoms with Gasteiger partial charge in [-0.1, -0.05) is 19.9 Å². The Bertz CT molecular complexity index is 294. The molecule has 0 saturated heterocycles. The van der Waals surface area contributed by atoms with Crippen molar-refractivity contribution in [2.24, 2.45) is 11.8 Å². The Morgan fingerprint density at radius 2 is 2.38 bits per heavy atom. The lowest BCUT2D eigenvalue weighted by atomic mass is 10.0. The third-order valence-electron chi connectivity index (χ3n) is 3.63. The lowest BCUT2D eigenvalue weighted by Crippen LogP contribution is -2.32. The topological polar surface area (TPSA) is 12.0 Å². The summed E-state index contributed by atoms with van der Waals surface area (Å²) in [6, 6.07) is 5.18. The van der Waals surface area contributed by atoms with Crippen LogP contribution in [0.4, 0.5) is 0 Å². The lowest BCUT2D eigenvalue weighted by molar-refractivity contribution is 0.422. The largest absolute Gasteiger partial charge is 0.314 e. The fourth-order valence-electron chi connectivity index (χ4n) is 2.46. The van der Waals surface area contributed by atoms with Crippen molar-refractivity contribution in [3.05, 3.63) is 22.4 Å². The summed E-state index contributed by atoms with van der Waals surface area (Å²) in [6.07, 6.45) is 5.25. The fourth-order valence-corrected chi connectivity index (χ4v) is 3.19. The van der Waals surface area contributed by atoms with Gasteiger partial charge in [0.05, 0.1) is 0 Å². The Hall–Kier alpha value is -0.340. The van der Waals surface area contributed by atoms with E-state index in [1.54, 1.807) is 0 Å². The summed E-state index contributed by atoms with van der Waals surface area (Å²) in [5, 5.41) is 5.91. The van der Waals surface area contributed by atoms with Crippen LogP contribution in [0.1, 0.15) is 38.0 Å². The molecular weight excluding hydrogens is 214 g/mol. The first-order valence-electron chi connectivity index (χ1n) is 6.57. The summed E-state index contributed by atoms with van der Waals surface area (Å²) in [5.74, 6) is 1.91. The van der Waals surface area contributed by atoms with Crippen LogP contribution in [-0.2, 0) is 6.42 Å². The van der Waals surface area contributed by atoms with E-state index >= 15 is 0 Å². The van der Waals surface area contributed by atoms with Gasteiger partial charge in [0.25, 0.3) is 0 Å². The van der Waals surface area contributed by atoms with Gasteiger partial charge in [-0.2, -0.15) is 0 Å². The van der Waals surface area contributed by atoms with Crippen molar-refractivity contribution in [3.63, 3.8) is 0 Å². The van der Waals surface area contributed by atoms with Crippen LogP contribution < -0.4 is 5.32 Å². The third-order valence-corrected chi connectivity index (χ3v) is 4.56. The van der Waals surface area contributed by atoms with Gasteiger partial charge in [0.1, 0.15) is 0 Å². The zero-order chi connectivity index (χ0) is 11.4. The molecule has 0 amide bonds. The van der Waals surface area contributed by atoms with Crippen molar-refractivity contribution < 1.29 is 0 Å². The van der Waals surface area contributed by atoms with Crippen LogP contribution in [0.5, 0.6) is 0 Å². The van der Waals surface area contributed by atoms with E-state index < -0.39 is 0 Å². The maximum Gasteiger partial charge on any atom is 0.0101 e. The Morgan fingerprint density at radius 3 is 2.94 bits per heavy atom. The lowest BCUT2D eigenvalue weighted by Gasteiger charge is -2.18. The zero-order valence-electron chi connectivity index (χ0n) is 10.4. The molecule has 1 heterocycles. The number of hydrogen-bond acceptors (Lipinski definition) is 2. The molecule has 2 rings (SSSR count). The van der Waals surface area contributed by atoms with Crippen molar-refractivity contribution in [3.8, 4) is 0 Å².